The molecule has 0 radical (unpaired) electrons. The van der Waals surface area contributed by atoms with Gasteiger partial charge in [-0.2, -0.15) is 0 Å². The third-order valence-corrected chi connectivity index (χ3v) is 2.51. The Balaban J connectivity index is 2.73. The van der Waals surface area contributed by atoms with Gasteiger partial charge in [0.15, 0.2) is 0 Å². The lowest BCUT2D eigenvalue weighted by molar-refractivity contribution is 0.00779. The first-order chi connectivity index (χ1) is 7.61. The SMILES string of the molecule is C=CC(C)(CCC)OC(=O)c1ccccc1. The van der Waals surface area contributed by atoms with Crippen molar-refractivity contribution in [3.05, 3.63) is 48.6 Å². The van der Waals surface area contributed by atoms with Crippen molar-refractivity contribution in [2.45, 2.75) is 32.3 Å². The van der Waals surface area contributed by atoms with Crippen LogP contribution in [0.1, 0.15) is 37.0 Å². The van der Waals surface area contributed by atoms with Crippen molar-refractivity contribution in [2.24, 2.45) is 0 Å². The van der Waals surface area contributed by atoms with Gasteiger partial charge in [0.2, 0.25) is 0 Å². The largest absolute Gasteiger partial charge is 0.452 e. The van der Waals surface area contributed by atoms with Gasteiger partial charge in [-0.1, -0.05) is 38.1 Å². The van der Waals surface area contributed by atoms with E-state index < -0.39 is 5.60 Å². The molecule has 1 aromatic rings. The van der Waals surface area contributed by atoms with Crippen molar-refractivity contribution in [2.75, 3.05) is 0 Å². The number of ether oxygens (including phenoxy) is 1. The van der Waals surface area contributed by atoms with Crippen LogP contribution in [0, 0.1) is 0 Å². The zero-order valence-electron chi connectivity index (χ0n) is 9.90. The van der Waals surface area contributed by atoms with Gasteiger partial charge in [0, 0.05) is 0 Å². The van der Waals surface area contributed by atoms with E-state index in [1.54, 1.807) is 18.2 Å². The van der Waals surface area contributed by atoms with Crippen LogP contribution in [-0.4, -0.2) is 11.6 Å². The number of carbonyl (C=O) groups excluding carboxylic acids is 1. The summed E-state index contributed by atoms with van der Waals surface area (Å²) in [5, 5.41) is 0. The lowest BCUT2D eigenvalue weighted by atomic mass is 10.0. The van der Waals surface area contributed by atoms with Gasteiger partial charge in [-0.05, 0) is 31.6 Å². The molecular weight excluding hydrogens is 200 g/mol. The number of rotatable bonds is 5. The molecule has 1 unspecified atom stereocenters. The molecule has 0 aromatic heterocycles. The number of benzene rings is 1. The Morgan fingerprint density at radius 1 is 1.44 bits per heavy atom. The summed E-state index contributed by atoms with van der Waals surface area (Å²) in [6.45, 7) is 7.65. The molecule has 2 heteroatoms. The van der Waals surface area contributed by atoms with Crippen molar-refractivity contribution < 1.29 is 9.53 Å². The van der Waals surface area contributed by atoms with Crippen LogP contribution >= 0.6 is 0 Å². The minimum Gasteiger partial charge on any atom is -0.452 e. The van der Waals surface area contributed by atoms with Crippen LogP contribution in [0.3, 0.4) is 0 Å². The van der Waals surface area contributed by atoms with Crippen LogP contribution < -0.4 is 0 Å². The van der Waals surface area contributed by atoms with Gasteiger partial charge >= 0.3 is 5.97 Å². The molecule has 0 saturated carbocycles. The van der Waals surface area contributed by atoms with Gasteiger partial charge < -0.3 is 4.74 Å². The Bertz CT molecular complexity index is 356. The first kappa shape index (κ1) is 12.5. The Morgan fingerprint density at radius 3 is 2.56 bits per heavy atom. The minimum atomic E-state index is -0.568. The van der Waals surface area contributed by atoms with Crippen LogP contribution in [0.5, 0.6) is 0 Å². The molecule has 0 aliphatic heterocycles. The summed E-state index contributed by atoms with van der Waals surface area (Å²) in [5.41, 5.74) is 0.00784. The van der Waals surface area contributed by atoms with Gasteiger partial charge in [-0.15, -0.1) is 0 Å². The average Bonchev–Trinajstić information content (AvgIpc) is 2.30. The molecule has 0 aliphatic carbocycles. The van der Waals surface area contributed by atoms with Crippen LogP contribution in [0.4, 0.5) is 0 Å². The molecule has 0 spiro atoms. The second-order valence-electron chi connectivity index (χ2n) is 4.02. The Morgan fingerprint density at radius 2 is 2.06 bits per heavy atom. The summed E-state index contributed by atoms with van der Waals surface area (Å²) in [6, 6.07) is 9.01. The molecular formula is C14H18O2. The van der Waals surface area contributed by atoms with E-state index in [4.69, 9.17) is 4.74 Å². The molecule has 0 heterocycles. The molecule has 16 heavy (non-hydrogen) atoms. The minimum absolute atomic E-state index is 0.295. The molecule has 0 N–H and O–H groups in total. The third kappa shape index (κ3) is 3.23. The van der Waals surface area contributed by atoms with Crippen LogP contribution in [-0.2, 0) is 4.74 Å². The van der Waals surface area contributed by atoms with Crippen LogP contribution in [0.2, 0.25) is 0 Å². The number of hydrogen-bond acceptors (Lipinski definition) is 2. The van der Waals surface area contributed by atoms with E-state index in [2.05, 4.69) is 13.5 Å². The summed E-state index contributed by atoms with van der Waals surface area (Å²) >= 11 is 0. The van der Waals surface area contributed by atoms with E-state index in [1.165, 1.54) is 0 Å². The first-order valence-corrected chi connectivity index (χ1v) is 5.53. The van der Waals surface area contributed by atoms with Crippen molar-refractivity contribution in [1.29, 1.82) is 0 Å². The summed E-state index contributed by atoms with van der Waals surface area (Å²) < 4.78 is 5.46. The molecule has 86 valence electrons. The topological polar surface area (TPSA) is 26.3 Å². The van der Waals surface area contributed by atoms with E-state index in [1.807, 2.05) is 25.1 Å². The molecule has 0 bridgehead atoms. The van der Waals surface area contributed by atoms with Gasteiger partial charge in [-0.25, -0.2) is 4.79 Å². The molecule has 0 fully saturated rings. The fraction of sp³-hybridized carbons (Fsp3) is 0.357. The maximum absolute atomic E-state index is 11.8. The highest BCUT2D eigenvalue weighted by Crippen LogP contribution is 2.20. The van der Waals surface area contributed by atoms with Gasteiger partial charge in [0.25, 0.3) is 0 Å². The fourth-order valence-corrected chi connectivity index (χ4v) is 1.54. The van der Waals surface area contributed by atoms with Crippen LogP contribution in [0.15, 0.2) is 43.0 Å². The average molecular weight is 218 g/mol. The smallest absolute Gasteiger partial charge is 0.338 e. The Labute approximate surface area is 96.9 Å². The highest BCUT2D eigenvalue weighted by Gasteiger charge is 2.24. The summed E-state index contributed by atoms with van der Waals surface area (Å²) in [4.78, 5) is 11.8. The molecule has 2 nitrogen and oxygen atoms in total. The zero-order chi connectivity index (χ0) is 12.0. The Kier molecular flexibility index (Phi) is 4.29. The highest BCUT2D eigenvalue weighted by atomic mass is 16.6. The summed E-state index contributed by atoms with van der Waals surface area (Å²) in [7, 11) is 0. The third-order valence-electron chi connectivity index (χ3n) is 2.51. The standard InChI is InChI=1S/C14H18O2/c1-4-11-14(3,5-2)16-13(15)12-9-7-6-8-10-12/h5-10H,2,4,11H2,1,3H3. The zero-order valence-corrected chi connectivity index (χ0v) is 9.90. The maximum atomic E-state index is 11.8. The van der Waals surface area contributed by atoms with Crippen LogP contribution in [0.25, 0.3) is 0 Å². The number of carbonyl (C=O) groups is 1. The predicted molar refractivity (Wildman–Crippen MR) is 65.4 cm³/mol. The lowest BCUT2D eigenvalue weighted by Gasteiger charge is -2.25. The first-order valence-electron chi connectivity index (χ1n) is 5.53. The quantitative estimate of drug-likeness (QED) is 0.557. The second kappa shape index (κ2) is 5.50. The molecule has 1 aromatic carbocycles. The fourth-order valence-electron chi connectivity index (χ4n) is 1.54. The number of esters is 1. The second-order valence-corrected chi connectivity index (χ2v) is 4.02. The Hall–Kier alpha value is -1.57. The van der Waals surface area contributed by atoms with Gasteiger partial charge in [-0.3, -0.25) is 0 Å². The molecule has 0 aliphatic rings. The molecule has 0 amide bonds. The van der Waals surface area contributed by atoms with E-state index in [0.717, 1.165) is 12.8 Å². The number of hydrogen-bond donors (Lipinski definition) is 0. The highest BCUT2D eigenvalue weighted by molar-refractivity contribution is 5.89. The maximum Gasteiger partial charge on any atom is 0.338 e. The molecule has 0 saturated heterocycles. The van der Waals surface area contributed by atoms with E-state index in [9.17, 15) is 4.79 Å². The predicted octanol–water partition coefficient (Wildman–Crippen LogP) is 3.59. The van der Waals surface area contributed by atoms with Gasteiger partial charge in [0.05, 0.1) is 5.56 Å². The van der Waals surface area contributed by atoms with Crippen molar-refractivity contribution in [3.8, 4) is 0 Å². The van der Waals surface area contributed by atoms with Crippen molar-refractivity contribution in [1.82, 2.24) is 0 Å². The normalized spacial score (nSPS) is 13.9. The van der Waals surface area contributed by atoms with Gasteiger partial charge in [0.1, 0.15) is 5.60 Å². The monoisotopic (exact) mass is 218 g/mol. The van der Waals surface area contributed by atoms with Crippen molar-refractivity contribution in [3.63, 3.8) is 0 Å². The lowest BCUT2D eigenvalue weighted by Crippen LogP contribution is -2.29. The van der Waals surface area contributed by atoms with E-state index >= 15 is 0 Å². The molecule has 1 atom stereocenters. The summed E-state index contributed by atoms with van der Waals surface area (Å²) in [5.74, 6) is -0.295. The summed E-state index contributed by atoms with van der Waals surface area (Å²) in [6.07, 6.45) is 3.43. The molecule has 1 rings (SSSR count). The van der Waals surface area contributed by atoms with Crippen molar-refractivity contribution >= 4 is 5.97 Å². The van der Waals surface area contributed by atoms with E-state index in [-0.39, 0.29) is 5.97 Å². The van der Waals surface area contributed by atoms with E-state index in [0.29, 0.717) is 5.56 Å².